The van der Waals surface area contributed by atoms with Crippen molar-refractivity contribution in [2.75, 3.05) is 19.8 Å². The minimum absolute atomic E-state index is 0.762. The van der Waals surface area contributed by atoms with Gasteiger partial charge in [-0.3, -0.25) is 0 Å². The Kier molecular flexibility index (Phi) is 6.26. The van der Waals surface area contributed by atoms with Crippen molar-refractivity contribution < 1.29 is 4.74 Å². The van der Waals surface area contributed by atoms with Crippen LogP contribution in [-0.4, -0.2) is 25.8 Å². The van der Waals surface area contributed by atoms with E-state index in [4.69, 9.17) is 4.74 Å². The van der Waals surface area contributed by atoms with Gasteiger partial charge in [0.1, 0.15) is 0 Å². The third-order valence-electron chi connectivity index (χ3n) is 3.70. The van der Waals surface area contributed by atoms with Gasteiger partial charge in [0.05, 0.1) is 0 Å². The highest BCUT2D eigenvalue weighted by Gasteiger charge is 2.23. The van der Waals surface area contributed by atoms with Gasteiger partial charge >= 0.3 is 0 Å². The second kappa shape index (κ2) is 7.24. The Morgan fingerprint density at radius 3 is 2.67 bits per heavy atom. The molecule has 0 saturated heterocycles. The van der Waals surface area contributed by atoms with Crippen LogP contribution in [0.15, 0.2) is 0 Å². The Morgan fingerprint density at radius 1 is 1.20 bits per heavy atom. The van der Waals surface area contributed by atoms with E-state index in [0.29, 0.717) is 0 Å². The zero-order valence-corrected chi connectivity index (χ0v) is 10.6. The fourth-order valence-electron chi connectivity index (χ4n) is 2.36. The molecule has 0 bridgehead atoms. The summed E-state index contributed by atoms with van der Waals surface area (Å²) in [4.78, 5) is 0. The lowest BCUT2D eigenvalue weighted by molar-refractivity contribution is 0.142. The quantitative estimate of drug-likeness (QED) is 0.685. The highest BCUT2D eigenvalue weighted by Crippen LogP contribution is 2.29. The van der Waals surface area contributed by atoms with Crippen LogP contribution in [0, 0.1) is 11.8 Å². The van der Waals surface area contributed by atoms with E-state index in [1.54, 1.807) is 0 Å². The van der Waals surface area contributed by atoms with Gasteiger partial charge in [0.25, 0.3) is 0 Å². The van der Waals surface area contributed by atoms with Crippen molar-refractivity contribution in [3.05, 3.63) is 0 Å². The zero-order chi connectivity index (χ0) is 11.1. The van der Waals surface area contributed by atoms with Crippen LogP contribution in [0.2, 0.25) is 0 Å². The zero-order valence-electron chi connectivity index (χ0n) is 10.6. The van der Waals surface area contributed by atoms with Crippen molar-refractivity contribution in [1.29, 1.82) is 0 Å². The normalized spacial score (nSPS) is 31.8. The van der Waals surface area contributed by atoms with Gasteiger partial charge in [0.15, 0.2) is 0 Å². The summed E-state index contributed by atoms with van der Waals surface area (Å²) >= 11 is 0. The van der Waals surface area contributed by atoms with Crippen molar-refractivity contribution in [2.24, 2.45) is 11.8 Å². The molecule has 90 valence electrons. The largest absolute Gasteiger partial charge is 0.382 e. The minimum atomic E-state index is 0.762. The van der Waals surface area contributed by atoms with Gasteiger partial charge in [-0.1, -0.05) is 13.8 Å². The van der Waals surface area contributed by atoms with E-state index in [0.717, 1.165) is 44.1 Å². The van der Waals surface area contributed by atoms with E-state index in [9.17, 15) is 0 Å². The summed E-state index contributed by atoms with van der Waals surface area (Å²) in [6.07, 6.45) is 5.26. The third kappa shape index (κ3) is 4.98. The molecular formula is C13H27NO. The van der Waals surface area contributed by atoms with E-state index in [1.807, 2.05) is 0 Å². The molecule has 1 fully saturated rings. The van der Waals surface area contributed by atoms with E-state index in [1.165, 1.54) is 19.3 Å². The molecule has 0 aromatic carbocycles. The first-order valence-electron chi connectivity index (χ1n) is 6.55. The summed E-state index contributed by atoms with van der Waals surface area (Å²) in [7, 11) is 0. The number of hydrogen-bond acceptors (Lipinski definition) is 2. The van der Waals surface area contributed by atoms with Crippen molar-refractivity contribution >= 4 is 0 Å². The van der Waals surface area contributed by atoms with Gasteiger partial charge in [0, 0.05) is 19.3 Å². The van der Waals surface area contributed by atoms with Crippen LogP contribution in [-0.2, 0) is 4.74 Å². The highest BCUT2D eigenvalue weighted by molar-refractivity contribution is 4.79. The number of rotatable bonds is 6. The maximum Gasteiger partial charge on any atom is 0.0477 e. The molecule has 15 heavy (non-hydrogen) atoms. The van der Waals surface area contributed by atoms with Crippen LogP contribution < -0.4 is 5.32 Å². The molecule has 1 saturated carbocycles. The predicted octanol–water partition coefficient (Wildman–Crippen LogP) is 2.83. The molecule has 2 heteroatoms. The molecule has 0 aromatic heterocycles. The molecule has 0 unspecified atom stereocenters. The Morgan fingerprint density at radius 2 is 2.00 bits per heavy atom. The standard InChI is InChI=1S/C13H27NO/c1-4-15-9-5-8-14-13-7-6-11(2)12(3)10-13/h11-14H,4-10H2,1-3H3/t11-,12+,13-/m1/s1. The van der Waals surface area contributed by atoms with E-state index < -0.39 is 0 Å². The lowest BCUT2D eigenvalue weighted by atomic mass is 9.79. The second-order valence-electron chi connectivity index (χ2n) is 4.97. The Labute approximate surface area is 94.8 Å². The van der Waals surface area contributed by atoms with Gasteiger partial charge in [-0.2, -0.15) is 0 Å². The number of nitrogens with one attached hydrogen (secondary N) is 1. The molecule has 0 aliphatic heterocycles. The average molecular weight is 213 g/mol. The van der Waals surface area contributed by atoms with Crippen molar-refractivity contribution in [1.82, 2.24) is 5.32 Å². The van der Waals surface area contributed by atoms with Crippen molar-refractivity contribution in [2.45, 2.75) is 52.5 Å². The Balaban J connectivity index is 2.02. The second-order valence-corrected chi connectivity index (χ2v) is 4.97. The molecule has 1 rings (SSSR count). The molecule has 2 nitrogen and oxygen atoms in total. The van der Waals surface area contributed by atoms with Crippen LogP contribution in [0.4, 0.5) is 0 Å². The molecular weight excluding hydrogens is 186 g/mol. The fourth-order valence-corrected chi connectivity index (χ4v) is 2.36. The van der Waals surface area contributed by atoms with Crippen LogP contribution >= 0.6 is 0 Å². The summed E-state index contributed by atoms with van der Waals surface area (Å²) in [6.45, 7) is 9.69. The fraction of sp³-hybridized carbons (Fsp3) is 1.00. The van der Waals surface area contributed by atoms with Gasteiger partial charge < -0.3 is 10.1 Å². The van der Waals surface area contributed by atoms with Gasteiger partial charge in [-0.05, 0) is 51.0 Å². The smallest absolute Gasteiger partial charge is 0.0477 e. The first-order valence-corrected chi connectivity index (χ1v) is 6.55. The summed E-state index contributed by atoms with van der Waals surface area (Å²) in [5, 5.41) is 3.65. The van der Waals surface area contributed by atoms with Crippen LogP contribution in [0.3, 0.4) is 0 Å². The molecule has 0 heterocycles. The van der Waals surface area contributed by atoms with E-state index >= 15 is 0 Å². The van der Waals surface area contributed by atoms with Gasteiger partial charge in [-0.25, -0.2) is 0 Å². The van der Waals surface area contributed by atoms with Gasteiger partial charge in [0.2, 0.25) is 0 Å². The minimum Gasteiger partial charge on any atom is -0.382 e. The highest BCUT2D eigenvalue weighted by atomic mass is 16.5. The van der Waals surface area contributed by atoms with Gasteiger partial charge in [-0.15, -0.1) is 0 Å². The maximum atomic E-state index is 5.32. The molecule has 1 aliphatic carbocycles. The third-order valence-corrected chi connectivity index (χ3v) is 3.70. The molecule has 0 amide bonds. The summed E-state index contributed by atoms with van der Waals surface area (Å²) in [5.74, 6) is 1.81. The predicted molar refractivity (Wildman–Crippen MR) is 65.1 cm³/mol. The lowest BCUT2D eigenvalue weighted by Crippen LogP contribution is -2.36. The molecule has 1 N–H and O–H groups in total. The maximum absolute atomic E-state index is 5.32. The van der Waals surface area contributed by atoms with Crippen molar-refractivity contribution in [3.63, 3.8) is 0 Å². The molecule has 1 aliphatic rings. The molecule has 0 radical (unpaired) electrons. The number of ether oxygens (including phenoxy) is 1. The van der Waals surface area contributed by atoms with Crippen molar-refractivity contribution in [3.8, 4) is 0 Å². The van der Waals surface area contributed by atoms with E-state index in [2.05, 4.69) is 26.1 Å². The molecule has 0 aromatic rings. The Hall–Kier alpha value is -0.0800. The average Bonchev–Trinajstić information content (AvgIpc) is 2.23. The number of hydrogen-bond donors (Lipinski definition) is 1. The van der Waals surface area contributed by atoms with Crippen LogP contribution in [0.1, 0.15) is 46.5 Å². The van der Waals surface area contributed by atoms with E-state index in [-0.39, 0.29) is 0 Å². The molecule has 0 spiro atoms. The summed E-state index contributed by atoms with van der Waals surface area (Å²) < 4.78 is 5.32. The Bertz CT molecular complexity index is 161. The topological polar surface area (TPSA) is 21.3 Å². The van der Waals surface area contributed by atoms with Crippen LogP contribution in [0.25, 0.3) is 0 Å². The lowest BCUT2D eigenvalue weighted by Gasteiger charge is -2.32. The first-order chi connectivity index (χ1) is 7.24. The van der Waals surface area contributed by atoms with Crippen LogP contribution in [0.5, 0.6) is 0 Å². The SMILES string of the molecule is CCOCCCN[C@@H]1CC[C@@H](C)[C@@H](C)C1. The summed E-state index contributed by atoms with van der Waals surface area (Å²) in [6, 6.07) is 0.762. The molecule has 3 atom stereocenters. The summed E-state index contributed by atoms with van der Waals surface area (Å²) in [5.41, 5.74) is 0. The first kappa shape index (κ1) is 13.0. The monoisotopic (exact) mass is 213 g/mol.